The zero-order valence-electron chi connectivity index (χ0n) is 8.14. The molecule has 0 aliphatic rings. The molecule has 1 aromatic heterocycles. The number of unbranched alkanes of at least 4 members (excludes halogenated alkanes) is 2. The molecule has 0 saturated carbocycles. The number of H-pyrrole nitrogens is 1. The number of halogens is 1. The van der Waals surface area contributed by atoms with Gasteiger partial charge >= 0.3 is 0 Å². The van der Waals surface area contributed by atoms with Gasteiger partial charge in [0.2, 0.25) is 0 Å². The van der Waals surface area contributed by atoms with Crippen molar-refractivity contribution >= 4 is 17.3 Å². The number of aromatic nitrogens is 2. The lowest BCUT2D eigenvalue weighted by molar-refractivity contribution is 0.743. The summed E-state index contributed by atoms with van der Waals surface area (Å²) < 4.78 is 0. The minimum Gasteiger partial charge on any atom is -0.382 e. The Morgan fingerprint density at radius 1 is 1.57 bits per heavy atom. The fourth-order valence-electron chi connectivity index (χ4n) is 1.10. The summed E-state index contributed by atoms with van der Waals surface area (Å²) in [5, 5.41) is 9.17. The number of nitrogens with zero attached hydrogens (tertiary/aromatic N) is 1. The zero-order chi connectivity index (χ0) is 10.4. The van der Waals surface area contributed by atoms with Gasteiger partial charge in [-0.2, -0.15) is 5.10 Å². The molecule has 0 bridgehead atoms. The first-order chi connectivity index (χ1) is 6.75. The third-order valence-corrected chi connectivity index (χ3v) is 2.27. The molecule has 14 heavy (non-hydrogen) atoms. The zero-order valence-corrected chi connectivity index (χ0v) is 8.90. The molecular formula is C9H14ClN3O. The number of aromatic amines is 1. The van der Waals surface area contributed by atoms with Crippen molar-refractivity contribution in [1.82, 2.24) is 10.2 Å². The van der Waals surface area contributed by atoms with Gasteiger partial charge in [-0.15, -0.1) is 0 Å². The van der Waals surface area contributed by atoms with Crippen molar-refractivity contribution in [1.29, 1.82) is 0 Å². The Hall–Kier alpha value is -1.03. The molecule has 5 heteroatoms. The molecule has 0 atom stereocenters. The average molecular weight is 216 g/mol. The summed E-state index contributed by atoms with van der Waals surface area (Å²) in [5.41, 5.74) is 0.249. The van der Waals surface area contributed by atoms with Crippen molar-refractivity contribution in [2.45, 2.75) is 26.2 Å². The smallest absolute Gasteiger partial charge is 0.285 e. The van der Waals surface area contributed by atoms with Gasteiger partial charge in [0, 0.05) is 6.54 Å². The molecule has 2 N–H and O–H groups in total. The lowest BCUT2D eigenvalue weighted by Gasteiger charge is -2.05. The predicted octanol–water partition coefficient (Wildman–Crippen LogP) is 2.03. The summed E-state index contributed by atoms with van der Waals surface area (Å²) in [6, 6.07) is 0. The van der Waals surface area contributed by atoms with Crippen LogP contribution in [0.15, 0.2) is 11.0 Å². The summed E-state index contributed by atoms with van der Waals surface area (Å²) in [4.78, 5) is 11.0. The van der Waals surface area contributed by atoms with Crippen molar-refractivity contribution in [2.75, 3.05) is 11.9 Å². The largest absolute Gasteiger partial charge is 0.382 e. The Bertz CT molecular complexity index is 337. The predicted molar refractivity (Wildman–Crippen MR) is 57.9 cm³/mol. The Balaban J connectivity index is 2.51. The summed E-state index contributed by atoms with van der Waals surface area (Å²) >= 11 is 5.76. The molecule has 1 heterocycles. The number of anilines is 1. The lowest BCUT2D eigenvalue weighted by Crippen LogP contribution is -2.12. The molecule has 0 amide bonds. The molecule has 0 aromatic carbocycles. The van der Waals surface area contributed by atoms with Crippen LogP contribution in [0, 0.1) is 0 Å². The van der Waals surface area contributed by atoms with Crippen LogP contribution in [0.4, 0.5) is 5.69 Å². The van der Waals surface area contributed by atoms with Crippen molar-refractivity contribution in [3.63, 3.8) is 0 Å². The van der Waals surface area contributed by atoms with Gasteiger partial charge in [0.15, 0.2) is 0 Å². The van der Waals surface area contributed by atoms with E-state index in [9.17, 15) is 4.79 Å². The van der Waals surface area contributed by atoms with E-state index in [2.05, 4.69) is 22.4 Å². The Labute approximate surface area is 87.7 Å². The van der Waals surface area contributed by atoms with Gasteiger partial charge in [-0.3, -0.25) is 4.79 Å². The molecule has 78 valence electrons. The Morgan fingerprint density at radius 3 is 3.07 bits per heavy atom. The molecular weight excluding hydrogens is 202 g/mol. The van der Waals surface area contributed by atoms with Crippen molar-refractivity contribution in [2.24, 2.45) is 0 Å². The Kier molecular flexibility index (Phi) is 4.46. The van der Waals surface area contributed by atoms with Gasteiger partial charge in [0.1, 0.15) is 5.02 Å². The highest BCUT2D eigenvalue weighted by atomic mass is 35.5. The second kappa shape index (κ2) is 5.65. The van der Waals surface area contributed by atoms with Crippen LogP contribution in [0.1, 0.15) is 26.2 Å². The maximum absolute atomic E-state index is 11.0. The van der Waals surface area contributed by atoms with Crippen molar-refractivity contribution in [3.05, 3.63) is 21.6 Å². The second-order valence-electron chi connectivity index (χ2n) is 3.06. The van der Waals surface area contributed by atoms with Crippen LogP contribution in [0.3, 0.4) is 0 Å². The molecule has 0 saturated heterocycles. The first-order valence-electron chi connectivity index (χ1n) is 4.72. The van der Waals surface area contributed by atoms with Crippen LogP contribution >= 0.6 is 11.6 Å². The standard InChI is InChI=1S/C9H14ClN3O/c1-2-3-4-5-11-7-6-12-13-9(14)8(7)10/h6H,2-5H2,1H3,(H2,11,13,14). The fraction of sp³-hybridized carbons (Fsp3) is 0.556. The van der Waals surface area contributed by atoms with Crippen LogP contribution < -0.4 is 10.9 Å². The van der Waals surface area contributed by atoms with E-state index in [1.807, 2.05) is 0 Å². The highest BCUT2D eigenvalue weighted by molar-refractivity contribution is 6.32. The first kappa shape index (κ1) is 11.0. The van der Waals surface area contributed by atoms with E-state index < -0.39 is 0 Å². The second-order valence-corrected chi connectivity index (χ2v) is 3.44. The maximum Gasteiger partial charge on any atom is 0.285 e. The summed E-state index contributed by atoms with van der Waals surface area (Å²) in [7, 11) is 0. The van der Waals surface area contributed by atoms with E-state index in [0.29, 0.717) is 5.69 Å². The molecule has 0 aliphatic carbocycles. The molecule has 4 nitrogen and oxygen atoms in total. The van der Waals surface area contributed by atoms with E-state index in [-0.39, 0.29) is 10.6 Å². The summed E-state index contributed by atoms with van der Waals surface area (Å²) in [5.74, 6) is 0. The summed E-state index contributed by atoms with van der Waals surface area (Å²) in [6.07, 6.45) is 4.93. The van der Waals surface area contributed by atoms with Gasteiger partial charge in [-0.25, -0.2) is 5.10 Å². The van der Waals surface area contributed by atoms with Gasteiger partial charge in [0.25, 0.3) is 5.56 Å². The first-order valence-corrected chi connectivity index (χ1v) is 5.10. The van der Waals surface area contributed by atoms with Crippen LogP contribution in [-0.4, -0.2) is 16.7 Å². The lowest BCUT2D eigenvalue weighted by atomic mass is 10.2. The van der Waals surface area contributed by atoms with Crippen molar-refractivity contribution in [3.8, 4) is 0 Å². The van der Waals surface area contributed by atoms with Gasteiger partial charge in [-0.1, -0.05) is 31.4 Å². The minimum absolute atomic E-state index is 0.177. The van der Waals surface area contributed by atoms with Crippen LogP contribution in [-0.2, 0) is 0 Å². The quantitative estimate of drug-likeness (QED) is 0.739. The fourth-order valence-corrected chi connectivity index (χ4v) is 1.26. The molecule has 0 unspecified atom stereocenters. The van der Waals surface area contributed by atoms with E-state index >= 15 is 0 Å². The van der Waals surface area contributed by atoms with E-state index in [1.54, 1.807) is 0 Å². The highest BCUT2D eigenvalue weighted by Gasteiger charge is 2.02. The Morgan fingerprint density at radius 2 is 2.36 bits per heavy atom. The minimum atomic E-state index is -0.354. The number of hydrogen-bond acceptors (Lipinski definition) is 3. The molecule has 0 aliphatic heterocycles. The van der Waals surface area contributed by atoms with Crippen LogP contribution in [0.2, 0.25) is 5.02 Å². The third-order valence-electron chi connectivity index (χ3n) is 1.89. The van der Waals surface area contributed by atoms with E-state index in [4.69, 9.17) is 11.6 Å². The third kappa shape index (κ3) is 3.03. The average Bonchev–Trinajstić information content (AvgIpc) is 2.19. The summed E-state index contributed by atoms with van der Waals surface area (Å²) in [6.45, 7) is 2.96. The topological polar surface area (TPSA) is 57.8 Å². The SMILES string of the molecule is CCCCCNc1cn[nH]c(=O)c1Cl. The van der Waals surface area contributed by atoms with Gasteiger partial charge in [0.05, 0.1) is 11.9 Å². The van der Waals surface area contributed by atoms with E-state index in [1.165, 1.54) is 19.0 Å². The monoisotopic (exact) mass is 215 g/mol. The van der Waals surface area contributed by atoms with Gasteiger partial charge in [-0.05, 0) is 6.42 Å². The number of rotatable bonds is 5. The normalized spacial score (nSPS) is 10.1. The van der Waals surface area contributed by atoms with Crippen LogP contribution in [0.5, 0.6) is 0 Å². The van der Waals surface area contributed by atoms with Crippen molar-refractivity contribution < 1.29 is 0 Å². The molecule has 0 fully saturated rings. The molecule has 0 spiro atoms. The number of hydrogen-bond donors (Lipinski definition) is 2. The van der Waals surface area contributed by atoms with E-state index in [0.717, 1.165) is 13.0 Å². The van der Waals surface area contributed by atoms with Gasteiger partial charge < -0.3 is 5.32 Å². The van der Waals surface area contributed by atoms with Crippen LogP contribution in [0.25, 0.3) is 0 Å². The number of nitrogens with one attached hydrogen (secondary N) is 2. The molecule has 1 aromatic rings. The highest BCUT2D eigenvalue weighted by Crippen LogP contribution is 2.14. The maximum atomic E-state index is 11.0. The molecule has 0 radical (unpaired) electrons. The molecule has 1 rings (SSSR count).